The smallest absolute Gasteiger partial charge is 0.410 e. The van der Waals surface area contributed by atoms with Crippen molar-refractivity contribution in [2.45, 2.75) is 58.6 Å². The molecule has 0 saturated carbocycles. The van der Waals surface area contributed by atoms with Crippen molar-refractivity contribution in [3.63, 3.8) is 0 Å². The summed E-state index contributed by atoms with van der Waals surface area (Å²) in [5.41, 5.74) is -0.463. The Kier molecular flexibility index (Phi) is 3.45. The molecule has 0 aromatic rings. The number of hydrogen-bond donors (Lipinski definition) is 0. The van der Waals surface area contributed by atoms with E-state index in [4.69, 9.17) is 4.74 Å². The van der Waals surface area contributed by atoms with Gasteiger partial charge in [0.25, 0.3) is 0 Å². The molecule has 0 aromatic carbocycles. The molecular formula is C15H23NO3. The zero-order chi connectivity index (χ0) is 14.3. The minimum Gasteiger partial charge on any atom is -0.444 e. The number of carbonyl (C=O) groups excluding carboxylic acids is 2. The molecule has 4 heteroatoms. The van der Waals surface area contributed by atoms with Crippen LogP contribution < -0.4 is 0 Å². The van der Waals surface area contributed by atoms with Crippen LogP contribution in [0.1, 0.15) is 47.0 Å². The maximum absolute atomic E-state index is 12.2. The Morgan fingerprint density at radius 2 is 1.84 bits per heavy atom. The molecule has 1 fully saturated rings. The van der Waals surface area contributed by atoms with Gasteiger partial charge in [-0.15, -0.1) is 0 Å². The highest BCUT2D eigenvalue weighted by Gasteiger charge is 2.48. The van der Waals surface area contributed by atoms with Crippen LogP contribution in [0.15, 0.2) is 12.2 Å². The van der Waals surface area contributed by atoms with Crippen LogP contribution in [0.5, 0.6) is 0 Å². The van der Waals surface area contributed by atoms with Gasteiger partial charge in [0.05, 0.1) is 6.04 Å². The average molecular weight is 265 g/mol. The lowest BCUT2D eigenvalue weighted by Gasteiger charge is -2.28. The molecule has 2 aliphatic rings. The highest BCUT2D eigenvalue weighted by atomic mass is 16.6. The first-order chi connectivity index (χ1) is 8.72. The number of Topliss-reactive ketones (excluding diaryl/α,β-unsaturated/α-hetero) is 1. The monoisotopic (exact) mass is 265 g/mol. The molecule has 1 amide bonds. The molecule has 2 rings (SSSR count). The second kappa shape index (κ2) is 4.66. The van der Waals surface area contributed by atoms with E-state index in [0.29, 0.717) is 6.54 Å². The fourth-order valence-electron chi connectivity index (χ4n) is 2.98. The Morgan fingerprint density at radius 3 is 2.32 bits per heavy atom. The Morgan fingerprint density at radius 1 is 1.26 bits per heavy atom. The second-order valence-electron chi connectivity index (χ2n) is 6.82. The lowest BCUT2D eigenvalue weighted by Crippen LogP contribution is -2.43. The van der Waals surface area contributed by atoms with E-state index in [2.05, 4.69) is 12.2 Å². The maximum atomic E-state index is 12.2. The standard InChI is InChI=1S/C15H23NO3/c1-11(17)12-9-15(7-5-6-8-15)10-16(12)13(18)19-14(2,3)4/h5-6,12H,7-10H2,1-4H3/t12-/m0/s1. The average Bonchev–Trinajstić information content (AvgIpc) is 2.84. The molecule has 0 radical (unpaired) electrons. The van der Waals surface area contributed by atoms with Crippen molar-refractivity contribution in [2.75, 3.05) is 6.54 Å². The first-order valence-corrected chi connectivity index (χ1v) is 6.88. The minimum absolute atomic E-state index is 0.0506. The Labute approximate surface area is 114 Å². The van der Waals surface area contributed by atoms with Gasteiger partial charge in [0.1, 0.15) is 5.60 Å². The summed E-state index contributed by atoms with van der Waals surface area (Å²) >= 11 is 0. The van der Waals surface area contributed by atoms with Crippen molar-refractivity contribution in [2.24, 2.45) is 5.41 Å². The maximum Gasteiger partial charge on any atom is 0.410 e. The first-order valence-electron chi connectivity index (χ1n) is 6.88. The molecule has 1 spiro atoms. The van der Waals surface area contributed by atoms with Gasteiger partial charge in [-0.2, -0.15) is 0 Å². The molecule has 1 atom stereocenters. The molecule has 0 aromatic heterocycles. The summed E-state index contributed by atoms with van der Waals surface area (Å²) in [6, 6.07) is -0.324. The number of ketones is 1. The van der Waals surface area contributed by atoms with Crippen LogP contribution in [-0.2, 0) is 9.53 Å². The Balaban J connectivity index is 2.13. The van der Waals surface area contributed by atoms with Gasteiger partial charge in [0, 0.05) is 6.54 Å². The molecule has 1 heterocycles. The van der Waals surface area contributed by atoms with Gasteiger partial charge in [-0.3, -0.25) is 9.69 Å². The summed E-state index contributed by atoms with van der Waals surface area (Å²) in [7, 11) is 0. The number of amides is 1. The largest absolute Gasteiger partial charge is 0.444 e. The van der Waals surface area contributed by atoms with Crippen LogP contribution in [-0.4, -0.2) is 35.0 Å². The Hall–Kier alpha value is -1.32. The van der Waals surface area contributed by atoms with Crippen LogP contribution in [0, 0.1) is 5.41 Å². The van der Waals surface area contributed by atoms with E-state index in [9.17, 15) is 9.59 Å². The molecule has 0 N–H and O–H groups in total. The van der Waals surface area contributed by atoms with Crippen molar-refractivity contribution >= 4 is 11.9 Å². The summed E-state index contributed by atoms with van der Waals surface area (Å²) in [6.07, 6.45) is 6.60. The molecule has 1 saturated heterocycles. The topological polar surface area (TPSA) is 46.6 Å². The van der Waals surface area contributed by atoms with E-state index in [1.54, 1.807) is 11.8 Å². The third-order valence-electron chi connectivity index (χ3n) is 3.87. The number of nitrogens with zero attached hydrogens (tertiary/aromatic N) is 1. The van der Waals surface area contributed by atoms with Gasteiger partial charge >= 0.3 is 6.09 Å². The quantitative estimate of drug-likeness (QED) is 0.685. The van der Waals surface area contributed by atoms with Gasteiger partial charge in [-0.25, -0.2) is 4.79 Å². The summed E-state index contributed by atoms with van der Waals surface area (Å²) in [5.74, 6) is 0.0506. The summed E-state index contributed by atoms with van der Waals surface area (Å²) in [5, 5.41) is 0. The lowest BCUT2D eigenvalue weighted by molar-refractivity contribution is -0.121. The number of likely N-dealkylation sites (tertiary alicyclic amines) is 1. The number of allylic oxidation sites excluding steroid dienone is 2. The summed E-state index contributed by atoms with van der Waals surface area (Å²) < 4.78 is 5.42. The van der Waals surface area contributed by atoms with Gasteiger partial charge in [0.15, 0.2) is 5.78 Å². The first kappa shape index (κ1) is 14.1. The predicted molar refractivity (Wildman–Crippen MR) is 72.8 cm³/mol. The zero-order valence-corrected chi connectivity index (χ0v) is 12.2. The molecular weight excluding hydrogens is 242 g/mol. The Bertz CT molecular complexity index is 412. The fraction of sp³-hybridized carbons (Fsp3) is 0.733. The van der Waals surface area contributed by atoms with E-state index >= 15 is 0 Å². The molecule has 4 nitrogen and oxygen atoms in total. The van der Waals surface area contributed by atoms with Crippen molar-refractivity contribution in [1.82, 2.24) is 4.90 Å². The van der Waals surface area contributed by atoms with Crippen LogP contribution in [0.2, 0.25) is 0 Å². The van der Waals surface area contributed by atoms with Crippen molar-refractivity contribution in [3.05, 3.63) is 12.2 Å². The van der Waals surface area contributed by atoms with Crippen molar-refractivity contribution in [3.8, 4) is 0 Å². The molecule has 0 unspecified atom stereocenters. The SMILES string of the molecule is CC(=O)[C@@H]1CC2(CC=CC2)CN1C(=O)OC(C)(C)C. The molecule has 19 heavy (non-hydrogen) atoms. The predicted octanol–water partition coefficient (Wildman–Crippen LogP) is 2.92. The fourth-order valence-corrected chi connectivity index (χ4v) is 2.98. The van der Waals surface area contributed by atoms with Crippen LogP contribution in [0.25, 0.3) is 0 Å². The number of rotatable bonds is 1. The number of hydrogen-bond acceptors (Lipinski definition) is 3. The third-order valence-corrected chi connectivity index (χ3v) is 3.87. The highest BCUT2D eigenvalue weighted by Crippen LogP contribution is 2.45. The third kappa shape index (κ3) is 2.99. The van der Waals surface area contributed by atoms with E-state index in [0.717, 1.165) is 19.3 Å². The van der Waals surface area contributed by atoms with Crippen LogP contribution in [0.3, 0.4) is 0 Å². The van der Waals surface area contributed by atoms with Gasteiger partial charge in [-0.05, 0) is 52.4 Å². The van der Waals surface area contributed by atoms with Crippen LogP contribution >= 0.6 is 0 Å². The normalized spacial score (nSPS) is 25.1. The van der Waals surface area contributed by atoms with Gasteiger partial charge in [-0.1, -0.05) is 12.2 Å². The molecule has 106 valence electrons. The van der Waals surface area contributed by atoms with Gasteiger partial charge in [0.2, 0.25) is 0 Å². The summed E-state index contributed by atoms with van der Waals surface area (Å²) in [4.78, 5) is 25.7. The molecule has 1 aliphatic heterocycles. The van der Waals surface area contributed by atoms with E-state index < -0.39 is 5.60 Å². The van der Waals surface area contributed by atoms with Crippen LogP contribution in [0.4, 0.5) is 4.79 Å². The number of carbonyl (C=O) groups is 2. The molecule has 0 bridgehead atoms. The zero-order valence-electron chi connectivity index (χ0n) is 12.2. The van der Waals surface area contributed by atoms with Crippen molar-refractivity contribution < 1.29 is 14.3 Å². The van der Waals surface area contributed by atoms with E-state index in [1.807, 2.05) is 20.8 Å². The lowest BCUT2D eigenvalue weighted by atomic mass is 9.82. The highest BCUT2D eigenvalue weighted by molar-refractivity contribution is 5.86. The van der Waals surface area contributed by atoms with E-state index in [1.165, 1.54) is 0 Å². The minimum atomic E-state index is -0.526. The van der Waals surface area contributed by atoms with Crippen molar-refractivity contribution in [1.29, 1.82) is 0 Å². The van der Waals surface area contributed by atoms with Gasteiger partial charge < -0.3 is 4.74 Å². The second-order valence-corrected chi connectivity index (χ2v) is 6.82. The van der Waals surface area contributed by atoms with E-state index in [-0.39, 0.29) is 23.3 Å². The molecule has 1 aliphatic carbocycles. The summed E-state index contributed by atoms with van der Waals surface area (Å²) in [6.45, 7) is 7.71. The number of ether oxygens (including phenoxy) is 1.